The summed E-state index contributed by atoms with van der Waals surface area (Å²) in [6, 6.07) is 27.1. The van der Waals surface area contributed by atoms with Crippen molar-refractivity contribution in [1.82, 2.24) is 0 Å². The largest absolute Gasteiger partial charge is 0.298 e. The second-order valence-corrected chi connectivity index (χ2v) is 11.1. The zero-order valence-electron chi connectivity index (χ0n) is 20.2. The van der Waals surface area contributed by atoms with Gasteiger partial charge in [0.15, 0.2) is 5.78 Å². The number of benzene rings is 3. The van der Waals surface area contributed by atoms with Crippen LogP contribution in [0.2, 0.25) is 0 Å². The van der Waals surface area contributed by atoms with Gasteiger partial charge < -0.3 is 0 Å². The second kappa shape index (κ2) is 8.10. The van der Waals surface area contributed by atoms with Gasteiger partial charge in [-0.2, -0.15) is 0 Å². The molecule has 1 aliphatic heterocycles. The van der Waals surface area contributed by atoms with Crippen LogP contribution in [0.5, 0.6) is 0 Å². The molecule has 4 nitrogen and oxygen atoms in total. The minimum Gasteiger partial charge on any atom is -0.298 e. The summed E-state index contributed by atoms with van der Waals surface area (Å²) in [6.45, 7) is 3.95. The molecule has 0 unspecified atom stereocenters. The van der Waals surface area contributed by atoms with E-state index >= 15 is 0 Å². The molecule has 1 heterocycles. The number of ketones is 1. The van der Waals surface area contributed by atoms with E-state index < -0.39 is 22.7 Å². The van der Waals surface area contributed by atoms with Crippen LogP contribution in [0.3, 0.4) is 0 Å². The maximum absolute atomic E-state index is 14.6. The van der Waals surface area contributed by atoms with Crippen molar-refractivity contribution in [2.24, 2.45) is 22.7 Å². The predicted octanol–water partition coefficient (Wildman–Crippen LogP) is 6.55. The topological polar surface area (TPSA) is 54.5 Å². The van der Waals surface area contributed by atoms with Crippen molar-refractivity contribution in [3.8, 4) is 0 Å². The van der Waals surface area contributed by atoms with Gasteiger partial charge in [-0.1, -0.05) is 89.9 Å². The molecule has 2 bridgehead atoms. The number of carbonyl (C=O) groups is 3. The molecule has 0 radical (unpaired) electrons. The molecule has 0 spiro atoms. The fourth-order valence-electron chi connectivity index (χ4n) is 7.20. The van der Waals surface area contributed by atoms with Crippen LogP contribution < -0.4 is 4.90 Å². The van der Waals surface area contributed by atoms with E-state index in [1.54, 1.807) is 12.1 Å². The van der Waals surface area contributed by atoms with Gasteiger partial charge in [0.05, 0.1) is 28.4 Å². The van der Waals surface area contributed by atoms with E-state index in [9.17, 15) is 14.4 Å². The average molecular weight is 540 g/mol. The van der Waals surface area contributed by atoms with Crippen molar-refractivity contribution >= 4 is 50.4 Å². The van der Waals surface area contributed by atoms with E-state index in [-0.39, 0.29) is 17.6 Å². The first-order chi connectivity index (χ1) is 17.4. The van der Waals surface area contributed by atoms with E-state index in [1.165, 1.54) is 4.90 Å². The normalized spacial score (nSPS) is 28.9. The summed E-state index contributed by atoms with van der Waals surface area (Å²) in [6.07, 6.45) is 1.25. The van der Waals surface area contributed by atoms with Gasteiger partial charge in [-0.15, -0.1) is 0 Å². The summed E-state index contributed by atoms with van der Waals surface area (Å²) in [7, 11) is 0. The molecule has 2 fully saturated rings. The lowest BCUT2D eigenvalue weighted by Crippen LogP contribution is -2.41. The van der Waals surface area contributed by atoms with Gasteiger partial charge in [-0.05, 0) is 59.9 Å². The van der Waals surface area contributed by atoms with Crippen LogP contribution in [0.25, 0.3) is 11.1 Å². The maximum atomic E-state index is 14.6. The fraction of sp³-hybridized carbons (Fsp3) is 0.258. The van der Waals surface area contributed by atoms with E-state index in [2.05, 4.69) is 15.9 Å². The van der Waals surface area contributed by atoms with Gasteiger partial charge in [0.1, 0.15) is 0 Å². The van der Waals surface area contributed by atoms with Crippen LogP contribution in [0.15, 0.2) is 89.4 Å². The van der Waals surface area contributed by atoms with E-state index in [1.807, 2.05) is 86.6 Å². The van der Waals surface area contributed by atoms with Gasteiger partial charge in [0, 0.05) is 4.47 Å². The highest BCUT2D eigenvalue weighted by Gasteiger charge is 2.79. The van der Waals surface area contributed by atoms with Crippen LogP contribution in [-0.2, 0) is 14.4 Å². The smallest absolute Gasteiger partial charge is 0.239 e. The summed E-state index contributed by atoms with van der Waals surface area (Å²) >= 11 is 3.44. The van der Waals surface area contributed by atoms with E-state index in [4.69, 9.17) is 0 Å². The number of fused-ring (bicyclic) bond motifs is 5. The molecule has 0 N–H and O–H groups in total. The Morgan fingerprint density at radius 1 is 0.750 bits per heavy atom. The highest BCUT2D eigenvalue weighted by Crippen LogP contribution is 2.74. The van der Waals surface area contributed by atoms with Crippen molar-refractivity contribution in [3.63, 3.8) is 0 Å². The Morgan fingerprint density at radius 3 is 1.83 bits per heavy atom. The molecule has 0 aromatic heterocycles. The first-order valence-electron chi connectivity index (χ1n) is 12.4. The van der Waals surface area contributed by atoms with Gasteiger partial charge in [-0.25, -0.2) is 4.90 Å². The highest BCUT2D eigenvalue weighted by atomic mass is 79.9. The number of carbonyl (C=O) groups excluding carboxylic acids is 3. The minimum atomic E-state index is -1.09. The zero-order valence-corrected chi connectivity index (χ0v) is 21.8. The van der Waals surface area contributed by atoms with Crippen LogP contribution in [0.4, 0.5) is 5.69 Å². The predicted molar refractivity (Wildman–Crippen MR) is 144 cm³/mol. The molecule has 5 heteroatoms. The molecule has 36 heavy (non-hydrogen) atoms. The number of rotatable bonds is 5. The maximum Gasteiger partial charge on any atom is 0.239 e. The molecule has 3 aromatic rings. The van der Waals surface area contributed by atoms with Gasteiger partial charge in [0.25, 0.3) is 0 Å². The number of allylic oxidation sites excluding steroid dienone is 2. The number of imide groups is 1. The second-order valence-electron chi connectivity index (χ2n) is 10.2. The third-order valence-electron chi connectivity index (χ3n) is 8.41. The van der Waals surface area contributed by atoms with E-state index in [0.29, 0.717) is 12.1 Å². The molecule has 2 aliphatic carbocycles. The quantitative estimate of drug-likeness (QED) is 0.345. The number of amides is 2. The Kier molecular flexibility index (Phi) is 5.20. The molecule has 3 aromatic carbocycles. The van der Waals surface area contributed by atoms with Crippen LogP contribution >= 0.6 is 15.9 Å². The summed E-state index contributed by atoms with van der Waals surface area (Å²) in [5.74, 6) is -1.97. The fourth-order valence-corrected chi connectivity index (χ4v) is 7.47. The number of anilines is 1. The Bertz CT molecular complexity index is 1430. The molecular formula is C31H26BrNO3. The Hall–Kier alpha value is -3.31. The van der Waals surface area contributed by atoms with Crippen molar-refractivity contribution in [1.29, 1.82) is 0 Å². The number of Topliss-reactive ketones (excluding diaryl/α,β-unsaturated/α-hetero) is 1. The third-order valence-corrected chi connectivity index (χ3v) is 8.93. The third kappa shape index (κ3) is 2.78. The average Bonchev–Trinajstić information content (AvgIpc) is 3.36. The van der Waals surface area contributed by atoms with Crippen molar-refractivity contribution in [2.45, 2.75) is 26.7 Å². The number of hydrogen-bond donors (Lipinski definition) is 0. The standard InChI is InChI=1S/C31H26BrNO3/c1-3-18-31-24(20-12-8-5-9-13-20)23(19-10-6-4-7-11-19)30(2,29(31)36)25-26(31)28(35)33(27(25)34)22-16-14-21(32)15-17-22/h4-17,25-26H,3,18H2,1-2H3/t25-,26-,30+,31-/m1/s1. The zero-order chi connectivity index (χ0) is 25.2. The lowest BCUT2D eigenvalue weighted by Gasteiger charge is -2.37. The minimum absolute atomic E-state index is 0.0155. The highest BCUT2D eigenvalue weighted by molar-refractivity contribution is 9.10. The molecule has 3 aliphatic rings. The molecule has 1 saturated heterocycles. The monoisotopic (exact) mass is 539 g/mol. The first-order valence-corrected chi connectivity index (χ1v) is 13.2. The summed E-state index contributed by atoms with van der Waals surface area (Å²) in [5, 5.41) is 0. The lowest BCUT2D eigenvalue weighted by molar-refractivity contribution is -0.134. The van der Waals surface area contributed by atoms with Crippen molar-refractivity contribution < 1.29 is 14.4 Å². The molecule has 180 valence electrons. The molecular weight excluding hydrogens is 514 g/mol. The number of halogens is 1. The van der Waals surface area contributed by atoms with E-state index in [0.717, 1.165) is 33.2 Å². The first kappa shape index (κ1) is 23.1. The SMILES string of the molecule is CCC[C@@]12C(=O)[C@@](C)(C(c3ccccc3)=C1c1ccccc1)[C@H]1C(=O)N(c3ccc(Br)cc3)C(=O)[C@@H]12. The Labute approximate surface area is 219 Å². The van der Waals surface area contributed by atoms with Gasteiger partial charge in [0.2, 0.25) is 11.8 Å². The Balaban J connectivity index is 1.65. The summed E-state index contributed by atoms with van der Waals surface area (Å²) < 4.78 is 0.870. The lowest BCUT2D eigenvalue weighted by atomic mass is 9.61. The van der Waals surface area contributed by atoms with Gasteiger partial charge >= 0.3 is 0 Å². The van der Waals surface area contributed by atoms with Crippen LogP contribution in [0, 0.1) is 22.7 Å². The van der Waals surface area contributed by atoms with Crippen LogP contribution in [-0.4, -0.2) is 17.6 Å². The van der Waals surface area contributed by atoms with Crippen molar-refractivity contribution in [3.05, 3.63) is 101 Å². The van der Waals surface area contributed by atoms with Crippen molar-refractivity contribution in [2.75, 3.05) is 4.90 Å². The Morgan fingerprint density at radius 2 is 1.28 bits per heavy atom. The molecule has 1 saturated carbocycles. The van der Waals surface area contributed by atoms with Crippen LogP contribution in [0.1, 0.15) is 37.8 Å². The summed E-state index contributed by atoms with van der Waals surface area (Å²) in [5.41, 5.74) is 2.11. The number of hydrogen-bond acceptors (Lipinski definition) is 3. The van der Waals surface area contributed by atoms with Gasteiger partial charge in [-0.3, -0.25) is 14.4 Å². The molecule has 6 rings (SSSR count). The molecule has 2 amide bonds. The summed E-state index contributed by atoms with van der Waals surface area (Å²) in [4.78, 5) is 44.2. The molecule has 4 atom stereocenters. The number of nitrogens with zero attached hydrogens (tertiary/aromatic N) is 1.